The Labute approximate surface area is 172 Å². The van der Waals surface area contributed by atoms with Crippen LogP contribution in [-0.4, -0.2) is 21.4 Å². The number of hydrogen-bond donors (Lipinski definition) is 2. The van der Waals surface area contributed by atoms with Crippen LogP contribution in [0.3, 0.4) is 0 Å². The molecule has 152 valence electrons. The third-order valence-corrected chi connectivity index (χ3v) is 5.38. The van der Waals surface area contributed by atoms with Crippen molar-refractivity contribution >= 4 is 34.6 Å². The van der Waals surface area contributed by atoms with E-state index in [1.165, 1.54) is 10.2 Å². The summed E-state index contributed by atoms with van der Waals surface area (Å²) < 4.78 is 40.7. The van der Waals surface area contributed by atoms with Crippen molar-refractivity contribution in [1.82, 2.24) is 15.1 Å². The van der Waals surface area contributed by atoms with Crippen LogP contribution in [0.25, 0.3) is 0 Å². The van der Waals surface area contributed by atoms with E-state index < -0.39 is 11.9 Å². The van der Waals surface area contributed by atoms with Gasteiger partial charge < -0.3 is 10.6 Å². The molecule has 0 atom stereocenters. The first kappa shape index (κ1) is 20.9. The molecule has 0 radical (unpaired) electrons. The minimum atomic E-state index is -4.54. The van der Waals surface area contributed by atoms with Crippen LogP contribution < -0.4 is 10.6 Å². The van der Waals surface area contributed by atoms with Gasteiger partial charge >= 0.3 is 6.18 Å². The van der Waals surface area contributed by atoms with Crippen LogP contribution in [0, 0.1) is 13.8 Å². The van der Waals surface area contributed by atoms with Crippen LogP contribution in [0.1, 0.15) is 47.7 Å². The van der Waals surface area contributed by atoms with E-state index >= 15 is 0 Å². The van der Waals surface area contributed by atoms with E-state index in [0.717, 1.165) is 24.1 Å². The molecule has 0 spiro atoms. The minimum absolute atomic E-state index is 0.0802. The summed E-state index contributed by atoms with van der Waals surface area (Å²) in [5.41, 5.74) is 2.77. The quantitative estimate of drug-likeness (QED) is 0.474. The largest absolute Gasteiger partial charge is 0.436 e. The van der Waals surface area contributed by atoms with Gasteiger partial charge in [-0.1, -0.05) is 17.7 Å². The lowest BCUT2D eigenvalue weighted by molar-refractivity contribution is -0.141. The zero-order valence-corrected chi connectivity index (χ0v) is 17.2. The lowest BCUT2D eigenvalue weighted by Gasteiger charge is -2.12. The number of rotatable bonds is 6. The van der Waals surface area contributed by atoms with Crippen molar-refractivity contribution in [2.75, 3.05) is 11.9 Å². The highest BCUT2D eigenvalue weighted by Gasteiger charge is 2.41. The summed E-state index contributed by atoms with van der Waals surface area (Å²) in [6, 6.07) is 5.97. The number of thiocarbonyl (C=S) groups is 1. The Morgan fingerprint density at radius 3 is 2.61 bits per heavy atom. The fourth-order valence-electron chi connectivity index (χ4n) is 2.98. The summed E-state index contributed by atoms with van der Waals surface area (Å²) >= 11 is 11.3. The second-order valence-corrected chi connectivity index (χ2v) is 7.86. The number of aryl methyl sites for hydroxylation is 3. The van der Waals surface area contributed by atoms with Gasteiger partial charge in [0.05, 0.1) is 10.7 Å². The van der Waals surface area contributed by atoms with Crippen LogP contribution in [0.5, 0.6) is 0 Å². The Bertz CT molecular complexity index is 875. The average Bonchev–Trinajstić information content (AvgIpc) is 3.37. The summed E-state index contributed by atoms with van der Waals surface area (Å²) in [6.07, 6.45) is -2.26. The molecule has 1 aromatic carbocycles. The fourth-order valence-corrected chi connectivity index (χ4v) is 3.59. The van der Waals surface area contributed by atoms with Gasteiger partial charge in [-0.25, -0.2) is 0 Å². The highest BCUT2D eigenvalue weighted by atomic mass is 35.5. The van der Waals surface area contributed by atoms with E-state index in [2.05, 4.69) is 15.7 Å². The van der Waals surface area contributed by atoms with E-state index in [9.17, 15) is 13.2 Å². The molecule has 0 bridgehead atoms. The number of nitrogens with one attached hydrogen (secondary N) is 2. The first-order valence-electron chi connectivity index (χ1n) is 9.12. The van der Waals surface area contributed by atoms with Crippen molar-refractivity contribution in [3.63, 3.8) is 0 Å². The predicted molar refractivity (Wildman–Crippen MR) is 109 cm³/mol. The molecule has 28 heavy (non-hydrogen) atoms. The van der Waals surface area contributed by atoms with E-state index in [4.69, 9.17) is 23.8 Å². The number of aromatic nitrogens is 2. The third-order valence-electron chi connectivity index (χ3n) is 4.76. The number of anilines is 1. The number of alkyl halides is 3. The summed E-state index contributed by atoms with van der Waals surface area (Å²) in [6.45, 7) is 4.93. The van der Waals surface area contributed by atoms with Crippen LogP contribution in [0.2, 0.25) is 5.02 Å². The van der Waals surface area contributed by atoms with E-state index in [-0.39, 0.29) is 10.9 Å². The number of benzene rings is 1. The Morgan fingerprint density at radius 1 is 1.29 bits per heavy atom. The van der Waals surface area contributed by atoms with Crippen LogP contribution in [0.4, 0.5) is 18.9 Å². The zero-order valence-electron chi connectivity index (χ0n) is 15.7. The maximum Gasteiger partial charge on any atom is 0.436 e. The molecule has 2 N–H and O–H groups in total. The number of nitrogens with zero attached hydrogens (tertiary/aromatic N) is 2. The molecular weight excluding hydrogens is 409 g/mol. The van der Waals surface area contributed by atoms with Crippen molar-refractivity contribution in [3.8, 4) is 0 Å². The molecular formula is C19H22ClF3N4S. The maximum atomic E-state index is 13.1. The van der Waals surface area contributed by atoms with Crippen molar-refractivity contribution in [3.05, 3.63) is 45.7 Å². The summed E-state index contributed by atoms with van der Waals surface area (Å²) in [5, 5.41) is 10.1. The average molecular weight is 431 g/mol. The highest BCUT2D eigenvalue weighted by Crippen LogP contribution is 2.46. The zero-order chi connectivity index (χ0) is 20.5. The summed E-state index contributed by atoms with van der Waals surface area (Å²) in [5.74, 6) is 0.0802. The first-order valence-corrected chi connectivity index (χ1v) is 9.91. The van der Waals surface area contributed by atoms with Gasteiger partial charge in [0.15, 0.2) is 10.8 Å². The van der Waals surface area contributed by atoms with Crippen molar-refractivity contribution in [2.45, 2.75) is 51.7 Å². The van der Waals surface area contributed by atoms with Crippen molar-refractivity contribution in [2.24, 2.45) is 0 Å². The van der Waals surface area contributed by atoms with Gasteiger partial charge in [0.2, 0.25) is 0 Å². The third kappa shape index (κ3) is 4.97. The van der Waals surface area contributed by atoms with Crippen LogP contribution in [-0.2, 0) is 12.7 Å². The topological polar surface area (TPSA) is 41.9 Å². The molecule has 3 rings (SSSR count). The van der Waals surface area contributed by atoms with Gasteiger partial charge in [0.25, 0.3) is 0 Å². The maximum absolute atomic E-state index is 13.1. The lowest BCUT2D eigenvalue weighted by atomic mass is 10.1. The van der Waals surface area contributed by atoms with Gasteiger partial charge in [-0.15, -0.1) is 0 Å². The van der Waals surface area contributed by atoms with E-state index in [1.807, 2.05) is 32.0 Å². The fraction of sp³-hybridized carbons (Fsp3) is 0.474. The number of hydrogen-bond acceptors (Lipinski definition) is 2. The van der Waals surface area contributed by atoms with E-state index in [1.54, 1.807) is 0 Å². The van der Waals surface area contributed by atoms with Gasteiger partial charge in [0, 0.05) is 24.7 Å². The summed E-state index contributed by atoms with van der Waals surface area (Å²) in [7, 11) is 0. The SMILES string of the molecule is Cc1ccc(NC(=S)NCCCn2nc(C(F)(F)F)c(Cl)c2C2CC2)cc1C. The Balaban J connectivity index is 1.53. The predicted octanol–water partition coefficient (Wildman–Crippen LogP) is 5.43. The standard InChI is InChI=1S/C19H22ClF3N4S/c1-11-4-7-14(10-12(11)2)25-18(28)24-8-3-9-27-16(13-5-6-13)15(20)17(26-27)19(21,22)23/h4,7,10,13H,3,5-6,8-9H2,1-2H3,(H2,24,25,28). The monoisotopic (exact) mass is 430 g/mol. The molecule has 0 aliphatic heterocycles. The van der Waals surface area contributed by atoms with Crippen LogP contribution >= 0.6 is 23.8 Å². The first-order chi connectivity index (χ1) is 13.2. The highest BCUT2D eigenvalue weighted by molar-refractivity contribution is 7.80. The molecule has 4 nitrogen and oxygen atoms in total. The van der Waals surface area contributed by atoms with Crippen molar-refractivity contribution in [1.29, 1.82) is 0 Å². The van der Waals surface area contributed by atoms with Gasteiger partial charge in [-0.3, -0.25) is 4.68 Å². The molecule has 0 amide bonds. The molecule has 9 heteroatoms. The Kier molecular flexibility index (Phi) is 6.19. The van der Waals surface area contributed by atoms with Crippen LogP contribution in [0.15, 0.2) is 18.2 Å². The second kappa shape index (κ2) is 8.29. The molecule has 1 fully saturated rings. The molecule has 1 heterocycles. The molecule has 1 aliphatic carbocycles. The molecule has 2 aromatic rings. The Hall–Kier alpha value is -1.80. The summed E-state index contributed by atoms with van der Waals surface area (Å²) in [4.78, 5) is 0. The van der Waals surface area contributed by atoms with Gasteiger partial charge in [-0.05, 0) is 68.6 Å². The molecule has 1 saturated carbocycles. The molecule has 1 aliphatic rings. The molecule has 0 saturated heterocycles. The molecule has 1 aromatic heterocycles. The number of halogens is 4. The van der Waals surface area contributed by atoms with Crippen molar-refractivity contribution < 1.29 is 13.2 Å². The minimum Gasteiger partial charge on any atom is -0.362 e. The Morgan fingerprint density at radius 2 is 2.00 bits per heavy atom. The molecule has 0 unspecified atom stereocenters. The normalized spacial score (nSPS) is 14.2. The van der Waals surface area contributed by atoms with Gasteiger partial charge in [-0.2, -0.15) is 18.3 Å². The second-order valence-electron chi connectivity index (χ2n) is 7.08. The lowest BCUT2D eigenvalue weighted by Crippen LogP contribution is -2.30. The van der Waals surface area contributed by atoms with Gasteiger partial charge in [0.1, 0.15) is 0 Å². The van der Waals surface area contributed by atoms with E-state index in [0.29, 0.717) is 30.3 Å². The smallest absolute Gasteiger partial charge is 0.362 e.